The Balaban J connectivity index is 4.94. The zero-order chi connectivity index (χ0) is 16.7. The monoisotopic (exact) mass is 328 g/mol. The lowest BCUT2D eigenvalue weighted by molar-refractivity contribution is -0.142. The van der Waals surface area contributed by atoms with Crippen LogP contribution in [0.5, 0.6) is 0 Å². The summed E-state index contributed by atoms with van der Waals surface area (Å²) in [7, 11) is -3.71. The highest BCUT2D eigenvalue weighted by Gasteiger charge is 2.42. The molecule has 3 nitrogen and oxygen atoms in total. The van der Waals surface area contributed by atoms with E-state index >= 15 is 0 Å². The third-order valence-electron chi connectivity index (χ3n) is 3.55. The largest absolute Gasteiger partial charge is 0.465 e. The lowest BCUT2D eigenvalue weighted by Gasteiger charge is -2.32. The van der Waals surface area contributed by atoms with E-state index in [0.717, 1.165) is 12.8 Å². The zero-order valence-corrected chi connectivity index (χ0v) is 16.8. The van der Waals surface area contributed by atoms with Crippen LogP contribution in [-0.4, -0.2) is 34.7 Å². The molecule has 1 unspecified atom stereocenters. The Morgan fingerprint density at radius 2 is 1.62 bits per heavy atom. The average molecular weight is 329 g/mol. The number of carbonyl (C=O) groups is 1. The second-order valence-electron chi connectivity index (χ2n) is 7.79. The molecule has 0 heterocycles. The van der Waals surface area contributed by atoms with Gasteiger partial charge in [0.2, 0.25) is 0 Å². The van der Waals surface area contributed by atoms with E-state index in [2.05, 4.69) is 52.1 Å². The summed E-state index contributed by atoms with van der Waals surface area (Å²) in [5.74, 6) is 1.90. The molecule has 1 atom stereocenters. The number of hydrogen-bond donors (Lipinski definition) is 0. The fourth-order valence-corrected chi connectivity index (χ4v) is 7.94. The van der Waals surface area contributed by atoms with Crippen molar-refractivity contribution < 1.29 is 14.3 Å². The maximum atomic E-state index is 12.5. The van der Waals surface area contributed by atoms with Crippen LogP contribution in [0.25, 0.3) is 0 Å². The van der Waals surface area contributed by atoms with E-state index in [-0.39, 0.29) is 11.5 Å². The highest BCUT2D eigenvalue weighted by molar-refractivity contribution is 6.90. The summed E-state index contributed by atoms with van der Waals surface area (Å²) in [4.78, 5) is 24.0. The van der Waals surface area contributed by atoms with Gasteiger partial charge in [-0.15, -0.1) is 0 Å². The summed E-state index contributed by atoms with van der Waals surface area (Å²) in [6.45, 7) is 15.3. The molecule has 0 aliphatic rings. The van der Waals surface area contributed by atoms with Crippen molar-refractivity contribution in [3.05, 3.63) is 5.20 Å². The van der Waals surface area contributed by atoms with Crippen molar-refractivity contribution >= 4 is 28.1 Å². The topological polar surface area (TPSA) is 43.4 Å². The SMILES string of the molecule is CCCCCCOC(=O)C(C(=C=O)[Si](C)(C)C)[Si](C)(C)C. The molecule has 0 rings (SSSR count). The Hall–Kier alpha value is -0.646. The molecule has 122 valence electrons. The lowest BCUT2D eigenvalue weighted by Crippen LogP contribution is -2.43. The fraction of sp³-hybridized carbons (Fsp3) is 0.812. The van der Waals surface area contributed by atoms with E-state index in [1.807, 2.05) is 0 Å². The fourth-order valence-electron chi connectivity index (χ4n) is 2.33. The van der Waals surface area contributed by atoms with Gasteiger partial charge in [-0.25, -0.2) is 4.79 Å². The molecule has 0 N–H and O–H groups in total. The quantitative estimate of drug-likeness (QED) is 0.272. The minimum atomic E-state index is -1.86. The predicted molar refractivity (Wildman–Crippen MR) is 94.7 cm³/mol. The molecule has 0 aliphatic heterocycles. The number of unbranched alkanes of at least 4 members (excludes halogenated alkanes) is 3. The third kappa shape index (κ3) is 7.25. The van der Waals surface area contributed by atoms with Gasteiger partial charge in [0, 0.05) is 5.20 Å². The van der Waals surface area contributed by atoms with E-state index in [1.54, 1.807) is 0 Å². The van der Waals surface area contributed by atoms with Crippen LogP contribution in [-0.2, 0) is 14.3 Å². The standard InChI is InChI=1S/C16H32O3Si2/c1-8-9-10-11-12-19-16(18)15(21(5,6)7)14(13-17)20(2,3)4/h15H,8-12H2,1-7H3. The van der Waals surface area contributed by atoms with Gasteiger partial charge in [-0.3, -0.25) is 4.79 Å². The van der Waals surface area contributed by atoms with Gasteiger partial charge >= 0.3 is 5.97 Å². The minimum absolute atomic E-state index is 0.202. The maximum Gasteiger partial charge on any atom is 0.310 e. The van der Waals surface area contributed by atoms with Gasteiger partial charge < -0.3 is 4.74 Å². The Morgan fingerprint density at radius 3 is 2.00 bits per heavy atom. The molecule has 0 fully saturated rings. The molecule has 21 heavy (non-hydrogen) atoms. The van der Waals surface area contributed by atoms with Gasteiger partial charge in [0.15, 0.2) is 0 Å². The summed E-state index contributed by atoms with van der Waals surface area (Å²) in [6.07, 6.45) is 4.33. The van der Waals surface area contributed by atoms with Crippen LogP contribution in [0, 0.1) is 0 Å². The first-order valence-corrected chi connectivity index (χ1v) is 15.1. The molecule has 0 aromatic carbocycles. The predicted octanol–water partition coefficient (Wildman–Crippen LogP) is 4.45. The number of ether oxygens (including phenoxy) is 1. The summed E-state index contributed by atoms with van der Waals surface area (Å²) >= 11 is 0. The zero-order valence-electron chi connectivity index (χ0n) is 14.8. The van der Waals surface area contributed by atoms with Crippen LogP contribution < -0.4 is 0 Å². The maximum absolute atomic E-state index is 12.5. The van der Waals surface area contributed by atoms with E-state index in [4.69, 9.17) is 4.74 Å². The molecule has 0 aromatic heterocycles. The van der Waals surface area contributed by atoms with Crippen molar-refractivity contribution in [2.24, 2.45) is 0 Å². The second-order valence-corrected chi connectivity index (χ2v) is 18.1. The van der Waals surface area contributed by atoms with Crippen LogP contribution in [0.15, 0.2) is 5.20 Å². The molecule has 5 heteroatoms. The second kappa shape index (κ2) is 8.71. The van der Waals surface area contributed by atoms with Crippen LogP contribution in [0.2, 0.25) is 44.8 Å². The Labute approximate surface area is 132 Å². The van der Waals surface area contributed by atoms with E-state index < -0.39 is 16.1 Å². The Morgan fingerprint density at radius 1 is 1.05 bits per heavy atom. The van der Waals surface area contributed by atoms with Gasteiger partial charge in [0.05, 0.1) is 28.3 Å². The van der Waals surface area contributed by atoms with Crippen molar-refractivity contribution in [3.63, 3.8) is 0 Å². The lowest BCUT2D eigenvalue weighted by atomic mass is 10.2. The highest BCUT2D eigenvalue weighted by atomic mass is 28.3. The summed E-state index contributed by atoms with van der Waals surface area (Å²) < 4.78 is 5.47. The van der Waals surface area contributed by atoms with Gasteiger partial charge in [-0.1, -0.05) is 65.5 Å². The van der Waals surface area contributed by atoms with Gasteiger partial charge in [0.25, 0.3) is 0 Å². The first-order valence-electron chi connectivity index (χ1n) is 7.97. The summed E-state index contributed by atoms with van der Waals surface area (Å²) in [5, 5.41) is 0.695. The van der Waals surface area contributed by atoms with Crippen LogP contribution in [0.1, 0.15) is 32.6 Å². The molecule has 0 saturated heterocycles. The van der Waals surface area contributed by atoms with E-state index in [0.29, 0.717) is 11.8 Å². The molecular weight excluding hydrogens is 296 g/mol. The molecule has 0 radical (unpaired) electrons. The first kappa shape index (κ1) is 20.4. The number of esters is 1. The van der Waals surface area contributed by atoms with Crippen molar-refractivity contribution in [2.45, 2.75) is 77.4 Å². The van der Waals surface area contributed by atoms with E-state index in [1.165, 1.54) is 12.8 Å². The van der Waals surface area contributed by atoms with Crippen molar-refractivity contribution in [1.29, 1.82) is 0 Å². The first-order chi connectivity index (χ1) is 9.55. The minimum Gasteiger partial charge on any atom is -0.465 e. The average Bonchev–Trinajstić information content (AvgIpc) is 2.32. The number of hydrogen-bond acceptors (Lipinski definition) is 3. The van der Waals surface area contributed by atoms with Crippen LogP contribution in [0.3, 0.4) is 0 Å². The summed E-state index contributed by atoms with van der Waals surface area (Å²) in [5.41, 5.74) is -0.340. The molecule has 0 aromatic rings. The van der Waals surface area contributed by atoms with Crippen LogP contribution in [0.4, 0.5) is 0 Å². The number of carbonyl (C=O) groups excluding carboxylic acids is 2. The van der Waals surface area contributed by atoms with Crippen LogP contribution >= 0.6 is 0 Å². The van der Waals surface area contributed by atoms with Gasteiger partial charge in [0.1, 0.15) is 5.94 Å². The summed E-state index contributed by atoms with van der Waals surface area (Å²) in [6, 6.07) is 0. The number of rotatable bonds is 9. The smallest absolute Gasteiger partial charge is 0.310 e. The Bertz CT molecular complexity index is 385. The highest BCUT2D eigenvalue weighted by Crippen LogP contribution is 2.35. The molecule has 0 bridgehead atoms. The van der Waals surface area contributed by atoms with E-state index in [9.17, 15) is 9.59 Å². The molecular formula is C16H32O3Si2. The third-order valence-corrected chi connectivity index (χ3v) is 8.10. The molecule has 0 amide bonds. The van der Waals surface area contributed by atoms with Crippen molar-refractivity contribution in [2.75, 3.05) is 6.61 Å². The van der Waals surface area contributed by atoms with Gasteiger partial charge in [-0.2, -0.15) is 0 Å². The molecule has 0 aliphatic carbocycles. The molecule has 0 saturated carbocycles. The van der Waals surface area contributed by atoms with Gasteiger partial charge in [-0.05, 0) is 6.42 Å². The normalized spacial score (nSPS) is 13.5. The molecule has 0 spiro atoms. The Kier molecular flexibility index (Phi) is 8.45. The van der Waals surface area contributed by atoms with Crippen molar-refractivity contribution in [3.8, 4) is 0 Å². The van der Waals surface area contributed by atoms with Crippen molar-refractivity contribution in [1.82, 2.24) is 0 Å².